The molecule has 374 valence electrons. The van der Waals surface area contributed by atoms with Crippen molar-refractivity contribution in [3.63, 3.8) is 0 Å². The second-order valence-corrected chi connectivity index (χ2v) is 21.6. The van der Waals surface area contributed by atoms with Crippen LogP contribution in [0.3, 0.4) is 0 Å². The summed E-state index contributed by atoms with van der Waals surface area (Å²) in [4.78, 5) is 8.83. The Balaban J connectivity index is 0.000000560. The molecule has 6 radical (unpaired) electrons. The van der Waals surface area contributed by atoms with E-state index in [4.69, 9.17) is 99.4 Å². The largest absolute Gasteiger partial charge is 2.00 e. The standard InChI is InChI=1S/2C22H26N2S4.2C7H7.2Sn.2H2/c2*25-21(26)23(15-17-8-3-1-4-9-17)19-12-7-13-20(14-19)24(22(27)28)16-18-10-5-2-6-11-18;2*1-7-5-3-2-4-6-7;;;;/h2*1-6,8-11,19-20H,7,12-16H2,(H,25,26)(H,27,28);2*2-6H,1H2;;;2*1H/q;;;;2*+2;;/p-4. The molecule has 0 N–H and O–H groups in total. The third-order valence-electron chi connectivity index (χ3n) is 12.4. The maximum absolute atomic E-state index is 5.44. The average Bonchev–Trinajstić information content (AvgIpc) is 3.38. The molecule has 2 saturated carbocycles. The van der Waals surface area contributed by atoms with E-state index in [1.807, 2.05) is 85.7 Å². The fraction of sp³-hybridized carbons (Fsp3) is 0.276. The predicted molar refractivity (Wildman–Crippen MR) is 339 cm³/mol. The summed E-state index contributed by atoms with van der Waals surface area (Å²) in [7, 11) is 0. The summed E-state index contributed by atoms with van der Waals surface area (Å²) in [6.45, 7) is 10.5. The Morgan fingerprint density at radius 2 is 0.639 bits per heavy atom. The monoisotopic (exact) mass is 1310 g/mol. The van der Waals surface area contributed by atoms with Gasteiger partial charge >= 0.3 is 47.8 Å². The van der Waals surface area contributed by atoms with E-state index in [0.29, 0.717) is 41.4 Å². The molecule has 0 aliphatic heterocycles. The van der Waals surface area contributed by atoms with Crippen LogP contribution in [0.15, 0.2) is 194 Å². The molecule has 0 aromatic heterocycles. The molecular formula is C58H66N4S8Sn2. The summed E-state index contributed by atoms with van der Waals surface area (Å²) in [5.74, 6) is 0. The van der Waals surface area contributed by atoms with Gasteiger partial charge in [-0.05, 0) is 84.8 Å². The zero-order valence-electron chi connectivity index (χ0n) is 40.6. The van der Waals surface area contributed by atoms with Crippen molar-refractivity contribution in [3.05, 3.63) is 229 Å². The van der Waals surface area contributed by atoms with Gasteiger partial charge in [0.2, 0.25) is 0 Å². The topological polar surface area (TPSA) is 13.0 Å². The average molecular weight is 1310 g/mol. The molecule has 0 amide bonds. The molecule has 4 nitrogen and oxygen atoms in total. The van der Waals surface area contributed by atoms with Crippen molar-refractivity contribution < 1.29 is 2.85 Å². The molecule has 0 spiro atoms. The zero-order chi connectivity index (χ0) is 50.1. The van der Waals surface area contributed by atoms with Crippen LogP contribution in [0.25, 0.3) is 0 Å². The van der Waals surface area contributed by atoms with Gasteiger partial charge in [0.25, 0.3) is 0 Å². The van der Waals surface area contributed by atoms with Crippen molar-refractivity contribution in [3.8, 4) is 0 Å². The van der Waals surface area contributed by atoms with E-state index < -0.39 is 0 Å². The molecular weight excluding hydrogens is 1250 g/mol. The Kier molecular flexibility index (Phi) is 31.5. The molecule has 4 aromatic carbocycles. The van der Waals surface area contributed by atoms with Gasteiger partial charge in [0.1, 0.15) is 0 Å². The van der Waals surface area contributed by atoms with Crippen LogP contribution in [0.5, 0.6) is 0 Å². The first-order valence-electron chi connectivity index (χ1n) is 23.7. The molecule has 72 heavy (non-hydrogen) atoms. The van der Waals surface area contributed by atoms with Gasteiger partial charge in [-0.3, -0.25) is 0 Å². The van der Waals surface area contributed by atoms with E-state index in [9.17, 15) is 0 Å². The van der Waals surface area contributed by atoms with Gasteiger partial charge in [-0.2, -0.15) is 0 Å². The van der Waals surface area contributed by atoms with Crippen LogP contribution in [-0.2, 0) is 76.7 Å². The minimum Gasteiger partial charge on any atom is -0.411 e. The molecule has 4 aliphatic rings. The fourth-order valence-electron chi connectivity index (χ4n) is 8.86. The fourth-order valence-corrected chi connectivity index (χ4v) is 10.6. The van der Waals surface area contributed by atoms with E-state index in [0.717, 1.165) is 88.7 Å². The predicted octanol–water partition coefficient (Wildman–Crippen LogP) is 13.4. The molecule has 14 heteroatoms. The van der Waals surface area contributed by atoms with Gasteiger partial charge in [0.05, 0.1) is 0 Å². The molecule has 4 atom stereocenters. The van der Waals surface area contributed by atoms with Gasteiger partial charge in [-0.15, -0.1) is 0 Å². The molecule has 0 heterocycles. The minimum atomic E-state index is 0. The first-order valence-corrected chi connectivity index (χ1v) is 26.9. The third-order valence-corrected chi connectivity index (χ3v) is 14.3. The van der Waals surface area contributed by atoms with Crippen molar-refractivity contribution in [1.29, 1.82) is 0 Å². The molecule has 0 saturated heterocycles. The first-order chi connectivity index (χ1) is 33.9. The normalized spacial score (nSPS) is 18.3. The summed E-state index contributed by atoms with van der Waals surface area (Å²) in [6, 6.07) is 42.9. The van der Waals surface area contributed by atoms with Crippen molar-refractivity contribution in [2.24, 2.45) is 0 Å². The van der Waals surface area contributed by atoms with E-state index in [-0.39, 0.29) is 50.7 Å². The second-order valence-electron chi connectivity index (χ2n) is 17.4. The molecule has 4 aromatic rings. The summed E-state index contributed by atoms with van der Waals surface area (Å²) >= 11 is 43.5. The van der Waals surface area contributed by atoms with E-state index in [1.165, 1.54) is 22.3 Å². The number of hydrogen-bond acceptors (Lipinski definition) is 8. The smallest absolute Gasteiger partial charge is 0.411 e. The Morgan fingerprint density at radius 3 is 0.806 bits per heavy atom. The molecule has 0 bridgehead atoms. The number of benzene rings is 4. The molecule has 8 rings (SSSR count). The van der Waals surface area contributed by atoms with Gasteiger partial charge in [0, 0.05) is 66.0 Å². The Hall–Kier alpha value is -2.64. The number of nitrogens with zero attached hydrogens (tertiary/aromatic N) is 4. The van der Waals surface area contributed by atoms with E-state index in [1.54, 1.807) is 0 Å². The van der Waals surface area contributed by atoms with Crippen LogP contribution in [0.2, 0.25) is 0 Å². The van der Waals surface area contributed by atoms with Crippen molar-refractivity contribution >= 4 is 164 Å². The van der Waals surface area contributed by atoms with Crippen LogP contribution in [0.1, 0.15) is 76.5 Å². The summed E-state index contributed by atoms with van der Waals surface area (Å²) in [6.07, 6.45) is 28.4. The van der Waals surface area contributed by atoms with Crippen LogP contribution >= 0.6 is 48.9 Å². The number of thiocarbonyl (C=S) groups is 4. The SMILES string of the molecule is C=C1[CH]C=CC=C1.C=C1[CH]C=CC=C1.S=C([S-])N(Cc1ccccc1)C1CCCC(N(Cc2ccccc2)C(=S)[S-])C1.S=C([S-])N(Cc1ccccc1)C1CCCC(N(Cc2ccccc2)C(=S)[S-])C1.[HH].[HH].[Sn+2].[Sn+2]. The number of allylic oxidation sites excluding steroid dienone is 10. The number of hydrogen-bond donors (Lipinski definition) is 0. The van der Waals surface area contributed by atoms with Crippen LogP contribution in [0.4, 0.5) is 0 Å². The van der Waals surface area contributed by atoms with Crippen molar-refractivity contribution in [2.45, 2.75) is 102 Å². The summed E-state index contributed by atoms with van der Waals surface area (Å²) in [5.41, 5.74) is 7.08. The first kappa shape index (κ1) is 63.6. The minimum absolute atomic E-state index is 0. The van der Waals surface area contributed by atoms with Crippen LogP contribution < -0.4 is 0 Å². The van der Waals surface area contributed by atoms with Gasteiger partial charge in [-0.1, -0.05) is 200 Å². The van der Waals surface area contributed by atoms with E-state index >= 15 is 0 Å². The molecule has 2 fully saturated rings. The van der Waals surface area contributed by atoms with Crippen molar-refractivity contribution in [2.75, 3.05) is 0 Å². The zero-order valence-corrected chi connectivity index (χ0v) is 52.8. The molecule has 4 unspecified atom stereocenters. The van der Waals surface area contributed by atoms with Crippen LogP contribution in [0, 0.1) is 12.8 Å². The van der Waals surface area contributed by atoms with E-state index in [2.05, 4.69) is 130 Å². The maximum Gasteiger partial charge on any atom is 2.00 e. The molecule has 4 aliphatic carbocycles. The maximum atomic E-state index is 5.44. The summed E-state index contributed by atoms with van der Waals surface area (Å²) < 4.78 is 2.19. The Bertz CT molecular complexity index is 2130. The van der Waals surface area contributed by atoms with Gasteiger partial charge in [-0.25, -0.2) is 0 Å². The van der Waals surface area contributed by atoms with Crippen LogP contribution in [-0.4, -0.2) is 109 Å². The number of rotatable bonds is 12. The second kappa shape index (κ2) is 35.6. The van der Waals surface area contributed by atoms with Crippen molar-refractivity contribution in [1.82, 2.24) is 19.6 Å². The third kappa shape index (κ3) is 23.1. The quantitative estimate of drug-likeness (QED) is 0.0762. The van der Waals surface area contributed by atoms with Gasteiger partial charge in [0.15, 0.2) is 0 Å². The summed E-state index contributed by atoms with van der Waals surface area (Å²) in [5, 5.41) is 0. The van der Waals surface area contributed by atoms with Gasteiger partial charge < -0.3 is 119 Å². The Morgan fingerprint density at radius 1 is 0.403 bits per heavy atom. The Labute approximate surface area is 512 Å².